The second-order valence-electron chi connectivity index (χ2n) is 4.55. The fourth-order valence-electron chi connectivity index (χ4n) is 1.40. The summed E-state index contributed by atoms with van der Waals surface area (Å²) in [6.45, 7) is 0.588. The van der Waals surface area contributed by atoms with Crippen molar-refractivity contribution in [1.82, 2.24) is 5.32 Å². The standard InChI is InChI=1S/C13H17ClN2O5/c1-13(20,12(18)19)7-16-11(17)6-15-9-5-8(14)3-4-10(9)21-2/h3-5,15,20H,6-7H2,1-2H3,(H,16,17)(H,18,19). The highest BCUT2D eigenvalue weighted by atomic mass is 35.5. The van der Waals surface area contributed by atoms with Gasteiger partial charge < -0.3 is 25.6 Å². The minimum atomic E-state index is -2.01. The number of carboxylic acids is 1. The van der Waals surface area contributed by atoms with Crippen LogP contribution in [0, 0.1) is 0 Å². The van der Waals surface area contributed by atoms with Crippen molar-refractivity contribution in [2.45, 2.75) is 12.5 Å². The molecule has 4 N–H and O–H groups in total. The van der Waals surface area contributed by atoms with Crippen LogP contribution in [0.1, 0.15) is 6.92 Å². The Labute approximate surface area is 126 Å². The Morgan fingerprint density at radius 1 is 1.43 bits per heavy atom. The molecule has 116 valence electrons. The summed E-state index contributed by atoms with van der Waals surface area (Å²) in [5.41, 5.74) is -1.48. The molecule has 0 bridgehead atoms. The van der Waals surface area contributed by atoms with Crippen LogP contribution in [0.4, 0.5) is 5.69 Å². The van der Waals surface area contributed by atoms with Gasteiger partial charge in [-0.1, -0.05) is 11.6 Å². The van der Waals surface area contributed by atoms with E-state index in [4.69, 9.17) is 21.4 Å². The number of halogens is 1. The summed E-state index contributed by atoms with van der Waals surface area (Å²) >= 11 is 5.85. The van der Waals surface area contributed by atoms with Gasteiger partial charge in [0.05, 0.1) is 25.9 Å². The summed E-state index contributed by atoms with van der Waals surface area (Å²) in [5.74, 6) is -1.37. The molecule has 1 amide bonds. The number of ether oxygens (including phenoxy) is 1. The van der Waals surface area contributed by atoms with Crippen molar-refractivity contribution >= 4 is 29.2 Å². The third kappa shape index (κ3) is 5.13. The molecule has 0 aromatic heterocycles. The first-order valence-electron chi connectivity index (χ1n) is 6.06. The van der Waals surface area contributed by atoms with Crippen molar-refractivity contribution in [3.63, 3.8) is 0 Å². The SMILES string of the molecule is COc1ccc(Cl)cc1NCC(=O)NCC(C)(O)C(=O)O. The molecule has 1 rings (SSSR count). The van der Waals surface area contributed by atoms with Crippen LogP contribution in [-0.4, -0.2) is 47.9 Å². The second-order valence-corrected chi connectivity index (χ2v) is 4.99. The lowest BCUT2D eigenvalue weighted by atomic mass is 10.1. The van der Waals surface area contributed by atoms with Gasteiger partial charge in [-0.3, -0.25) is 4.79 Å². The molecule has 0 aliphatic carbocycles. The number of methoxy groups -OCH3 is 1. The number of carbonyl (C=O) groups excluding carboxylic acids is 1. The highest BCUT2D eigenvalue weighted by Crippen LogP contribution is 2.27. The summed E-state index contributed by atoms with van der Waals surface area (Å²) in [5, 5.41) is 23.8. The maximum Gasteiger partial charge on any atom is 0.337 e. The van der Waals surface area contributed by atoms with E-state index < -0.39 is 24.0 Å². The third-order valence-electron chi connectivity index (χ3n) is 2.69. The van der Waals surface area contributed by atoms with Crippen molar-refractivity contribution in [2.24, 2.45) is 0 Å². The highest BCUT2D eigenvalue weighted by molar-refractivity contribution is 6.30. The zero-order valence-corrected chi connectivity index (χ0v) is 12.4. The Kier molecular flexibility index (Phi) is 5.80. The molecule has 0 heterocycles. The molecule has 1 aromatic carbocycles. The molecule has 0 saturated carbocycles. The van der Waals surface area contributed by atoms with Crippen LogP contribution in [0.25, 0.3) is 0 Å². The lowest BCUT2D eigenvalue weighted by Crippen LogP contribution is -2.47. The van der Waals surface area contributed by atoms with Crippen LogP contribution >= 0.6 is 11.6 Å². The summed E-state index contributed by atoms with van der Waals surface area (Å²) < 4.78 is 5.11. The number of aliphatic carboxylic acids is 1. The summed E-state index contributed by atoms with van der Waals surface area (Å²) in [4.78, 5) is 22.3. The monoisotopic (exact) mass is 316 g/mol. The molecule has 0 spiro atoms. The van der Waals surface area contributed by atoms with Gasteiger partial charge in [0.2, 0.25) is 5.91 Å². The Bertz CT molecular complexity index is 533. The molecule has 21 heavy (non-hydrogen) atoms. The fraction of sp³-hybridized carbons (Fsp3) is 0.385. The van der Waals surface area contributed by atoms with E-state index in [1.165, 1.54) is 7.11 Å². The van der Waals surface area contributed by atoms with Gasteiger partial charge in [0.15, 0.2) is 5.60 Å². The van der Waals surface area contributed by atoms with Gasteiger partial charge in [0.1, 0.15) is 5.75 Å². The topological polar surface area (TPSA) is 108 Å². The Hall–Kier alpha value is -1.99. The number of carbonyl (C=O) groups is 2. The molecule has 0 aliphatic heterocycles. The number of nitrogens with one attached hydrogen (secondary N) is 2. The van der Waals surface area contributed by atoms with E-state index in [2.05, 4.69) is 10.6 Å². The average molecular weight is 317 g/mol. The van der Waals surface area contributed by atoms with Crippen LogP contribution in [0.5, 0.6) is 5.75 Å². The van der Waals surface area contributed by atoms with Gasteiger partial charge in [-0.15, -0.1) is 0 Å². The molecular weight excluding hydrogens is 300 g/mol. The molecule has 8 heteroatoms. The number of anilines is 1. The van der Waals surface area contributed by atoms with Gasteiger partial charge in [0, 0.05) is 5.02 Å². The molecule has 0 aliphatic rings. The first kappa shape index (κ1) is 17.1. The van der Waals surface area contributed by atoms with E-state index in [-0.39, 0.29) is 6.54 Å². The maximum atomic E-state index is 11.6. The van der Waals surface area contributed by atoms with Crippen LogP contribution in [0.2, 0.25) is 5.02 Å². The van der Waals surface area contributed by atoms with E-state index in [9.17, 15) is 14.7 Å². The van der Waals surface area contributed by atoms with Crippen molar-refractivity contribution in [1.29, 1.82) is 0 Å². The minimum absolute atomic E-state index is 0.119. The number of benzene rings is 1. The third-order valence-corrected chi connectivity index (χ3v) is 2.93. The second kappa shape index (κ2) is 7.14. The zero-order chi connectivity index (χ0) is 16.0. The van der Waals surface area contributed by atoms with Crippen molar-refractivity contribution in [3.8, 4) is 5.75 Å². The highest BCUT2D eigenvalue weighted by Gasteiger charge is 2.30. The summed E-state index contributed by atoms with van der Waals surface area (Å²) in [6, 6.07) is 4.90. The smallest absolute Gasteiger partial charge is 0.337 e. The number of aliphatic hydroxyl groups is 1. The Morgan fingerprint density at radius 2 is 2.10 bits per heavy atom. The van der Waals surface area contributed by atoms with E-state index in [0.717, 1.165) is 6.92 Å². The molecular formula is C13H17ClN2O5. The summed E-state index contributed by atoms with van der Waals surface area (Å²) in [7, 11) is 1.48. The van der Waals surface area contributed by atoms with Crippen LogP contribution in [-0.2, 0) is 9.59 Å². The zero-order valence-electron chi connectivity index (χ0n) is 11.6. The predicted octanol–water partition coefficient (Wildman–Crippen LogP) is 0.712. The molecule has 0 fully saturated rings. The van der Waals surface area contributed by atoms with Gasteiger partial charge in [-0.25, -0.2) is 4.79 Å². The summed E-state index contributed by atoms with van der Waals surface area (Å²) in [6.07, 6.45) is 0. The number of amides is 1. The number of rotatable bonds is 7. The normalized spacial score (nSPS) is 13.1. The van der Waals surface area contributed by atoms with E-state index >= 15 is 0 Å². The lowest BCUT2D eigenvalue weighted by molar-refractivity contribution is -0.156. The molecule has 1 unspecified atom stereocenters. The van der Waals surface area contributed by atoms with Gasteiger partial charge in [0.25, 0.3) is 0 Å². The molecule has 0 saturated heterocycles. The number of hydrogen-bond acceptors (Lipinski definition) is 5. The van der Waals surface area contributed by atoms with Gasteiger partial charge >= 0.3 is 5.97 Å². The first-order chi connectivity index (χ1) is 9.76. The Morgan fingerprint density at radius 3 is 2.67 bits per heavy atom. The number of carboxylic acid groups (broad SMARTS) is 1. The maximum absolute atomic E-state index is 11.6. The molecule has 0 radical (unpaired) electrons. The van der Waals surface area contributed by atoms with Crippen LogP contribution in [0.3, 0.4) is 0 Å². The van der Waals surface area contributed by atoms with Crippen LogP contribution < -0.4 is 15.4 Å². The lowest BCUT2D eigenvalue weighted by Gasteiger charge is -2.18. The van der Waals surface area contributed by atoms with Gasteiger partial charge in [-0.05, 0) is 25.1 Å². The van der Waals surface area contributed by atoms with Crippen molar-refractivity contribution < 1.29 is 24.5 Å². The first-order valence-corrected chi connectivity index (χ1v) is 6.44. The Balaban J connectivity index is 2.54. The predicted molar refractivity (Wildman–Crippen MR) is 77.8 cm³/mol. The van der Waals surface area contributed by atoms with Gasteiger partial charge in [-0.2, -0.15) is 0 Å². The molecule has 7 nitrogen and oxygen atoms in total. The van der Waals surface area contributed by atoms with Crippen molar-refractivity contribution in [3.05, 3.63) is 23.2 Å². The average Bonchev–Trinajstić information content (AvgIpc) is 2.43. The minimum Gasteiger partial charge on any atom is -0.495 e. The number of hydrogen-bond donors (Lipinski definition) is 4. The van der Waals surface area contributed by atoms with E-state index in [1.54, 1.807) is 18.2 Å². The molecule has 1 aromatic rings. The largest absolute Gasteiger partial charge is 0.495 e. The van der Waals surface area contributed by atoms with E-state index in [1.807, 2.05) is 0 Å². The van der Waals surface area contributed by atoms with Crippen molar-refractivity contribution in [2.75, 3.05) is 25.5 Å². The quantitative estimate of drug-likeness (QED) is 0.590. The fourth-order valence-corrected chi connectivity index (χ4v) is 1.57. The molecule has 1 atom stereocenters. The van der Waals surface area contributed by atoms with E-state index in [0.29, 0.717) is 16.5 Å². The van der Waals surface area contributed by atoms with Crippen LogP contribution in [0.15, 0.2) is 18.2 Å².